The van der Waals surface area contributed by atoms with E-state index >= 15 is 0 Å². The number of carboxylic acids is 2. The zero-order valence-electron chi connectivity index (χ0n) is 13.2. The summed E-state index contributed by atoms with van der Waals surface area (Å²) in [5.74, 6) is -1.94. The van der Waals surface area contributed by atoms with Gasteiger partial charge in [0.15, 0.2) is 9.75 Å². The monoisotopic (exact) mass is 372 g/mol. The van der Waals surface area contributed by atoms with Gasteiger partial charge in [-0.3, -0.25) is 0 Å². The summed E-state index contributed by atoms with van der Waals surface area (Å²) in [6.45, 7) is 3.51. The maximum Gasteiger partial charge on any atom is 0.351 e. The van der Waals surface area contributed by atoms with Crippen molar-refractivity contribution in [2.24, 2.45) is 0 Å². The number of carbonyl (C=O) groups is 2. The van der Waals surface area contributed by atoms with Gasteiger partial charge in [-0.15, -0.1) is 22.7 Å². The molecule has 2 aromatic heterocycles. The molecule has 24 heavy (non-hydrogen) atoms. The number of hydrogen-bond donors (Lipinski definition) is 2. The molecule has 2 heterocycles. The minimum absolute atomic E-state index is 0.0596. The molecule has 1 unspecified atom stereocenters. The summed E-state index contributed by atoms with van der Waals surface area (Å²) < 4.78 is 10.6. The second kappa shape index (κ2) is 7.58. The Hall–Kier alpha value is -2.20. The van der Waals surface area contributed by atoms with Crippen LogP contribution in [0.15, 0.2) is 0 Å². The highest BCUT2D eigenvalue weighted by Gasteiger charge is 2.21. The number of hydrogen-bond acceptors (Lipinski definition) is 8. The number of aryl methyl sites for hydroxylation is 2. The number of methoxy groups -OCH3 is 1. The van der Waals surface area contributed by atoms with Crippen LogP contribution in [-0.2, 0) is 6.42 Å². The third-order valence-electron chi connectivity index (χ3n) is 3.00. The number of aromatic carboxylic acids is 2. The maximum absolute atomic E-state index is 11.1. The van der Waals surface area contributed by atoms with E-state index in [9.17, 15) is 9.59 Å². The summed E-state index contributed by atoms with van der Waals surface area (Å²) in [6, 6.07) is 0. The molecule has 0 amide bonds. The molecule has 2 N–H and O–H groups in total. The van der Waals surface area contributed by atoms with Crippen LogP contribution in [0.1, 0.15) is 42.7 Å². The van der Waals surface area contributed by atoms with E-state index in [1.54, 1.807) is 13.8 Å². The molecule has 0 aliphatic heterocycles. The molecule has 0 bridgehead atoms. The minimum atomic E-state index is -1.08. The molecule has 1 atom stereocenters. The fourth-order valence-electron chi connectivity index (χ4n) is 1.93. The van der Waals surface area contributed by atoms with Crippen molar-refractivity contribution in [3.63, 3.8) is 0 Å². The summed E-state index contributed by atoms with van der Waals surface area (Å²) in [6.07, 6.45) is 0.722. The average molecular weight is 372 g/mol. The first kappa shape index (κ1) is 18.1. The second-order valence-electron chi connectivity index (χ2n) is 4.89. The quantitative estimate of drug-likeness (QED) is 0.726. The molecular weight excluding hydrogens is 356 g/mol. The fraction of sp³-hybridized carbons (Fsp3) is 0.429. The highest BCUT2D eigenvalue weighted by molar-refractivity contribution is 7.14. The first-order chi connectivity index (χ1) is 11.3. The van der Waals surface area contributed by atoms with Crippen molar-refractivity contribution >= 4 is 34.6 Å². The zero-order chi connectivity index (χ0) is 17.9. The predicted molar refractivity (Wildman–Crippen MR) is 87.8 cm³/mol. The highest BCUT2D eigenvalue weighted by atomic mass is 32.1. The average Bonchev–Trinajstić information content (AvgIpc) is 3.08. The van der Waals surface area contributed by atoms with Gasteiger partial charge >= 0.3 is 11.9 Å². The van der Waals surface area contributed by atoms with Crippen molar-refractivity contribution in [1.82, 2.24) is 9.97 Å². The number of nitrogens with zero attached hydrogens (tertiary/aromatic N) is 2. The van der Waals surface area contributed by atoms with Crippen LogP contribution in [0.3, 0.4) is 0 Å². The number of carboxylic acid groups (broad SMARTS) is 2. The van der Waals surface area contributed by atoms with E-state index in [0.717, 1.165) is 22.7 Å². The van der Waals surface area contributed by atoms with Crippen LogP contribution in [0, 0.1) is 6.92 Å². The third-order valence-corrected chi connectivity index (χ3v) is 5.03. The lowest BCUT2D eigenvalue weighted by Crippen LogP contribution is -2.14. The van der Waals surface area contributed by atoms with E-state index in [2.05, 4.69) is 9.97 Å². The van der Waals surface area contributed by atoms with Gasteiger partial charge in [-0.1, -0.05) is 0 Å². The molecule has 0 aromatic carbocycles. The lowest BCUT2D eigenvalue weighted by Gasteiger charge is -2.12. The largest absolute Gasteiger partial charge is 0.480 e. The minimum Gasteiger partial charge on any atom is -0.480 e. The van der Waals surface area contributed by atoms with Crippen LogP contribution < -0.4 is 9.47 Å². The van der Waals surface area contributed by atoms with Gasteiger partial charge in [0, 0.05) is 6.42 Å². The molecule has 0 spiro atoms. The van der Waals surface area contributed by atoms with Crippen LogP contribution >= 0.6 is 22.7 Å². The fourth-order valence-corrected chi connectivity index (χ4v) is 3.51. The maximum atomic E-state index is 11.1. The Balaban J connectivity index is 2.00. The summed E-state index contributed by atoms with van der Waals surface area (Å²) in [7, 11) is 1.37. The van der Waals surface area contributed by atoms with Crippen LogP contribution in [0.25, 0.3) is 0 Å². The SMILES string of the molecule is COc1nc(CCC(C)Oc2nc(C)sc2C(=O)O)sc1C(=O)O. The van der Waals surface area contributed by atoms with E-state index in [0.29, 0.717) is 22.9 Å². The van der Waals surface area contributed by atoms with Crippen molar-refractivity contribution in [3.8, 4) is 11.8 Å². The van der Waals surface area contributed by atoms with Crippen molar-refractivity contribution in [1.29, 1.82) is 0 Å². The van der Waals surface area contributed by atoms with Gasteiger partial charge in [0.25, 0.3) is 0 Å². The first-order valence-corrected chi connectivity index (χ1v) is 8.59. The zero-order valence-corrected chi connectivity index (χ0v) is 14.9. The molecule has 10 heteroatoms. The van der Waals surface area contributed by atoms with Gasteiger partial charge in [-0.2, -0.15) is 0 Å². The Morgan fingerprint density at radius 2 is 1.75 bits per heavy atom. The normalized spacial score (nSPS) is 12.0. The Kier molecular flexibility index (Phi) is 5.73. The Labute approximate surface area is 145 Å². The molecule has 2 aromatic rings. The molecule has 0 aliphatic carbocycles. The number of ether oxygens (including phenoxy) is 2. The second-order valence-corrected chi connectivity index (χ2v) is 7.18. The van der Waals surface area contributed by atoms with Gasteiger partial charge in [0.05, 0.1) is 23.2 Å². The van der Waals surface area contributed by atoms with Crippen molar-refractivity contribution in [3.05, 3.63) is 19.8 Å². The van der Waals surface area contributed by atoms with Crippen LogP contribution in [0.2, 0.25) is 0 Å². The van der Waals surface area contributed by atoms with E-state index in [4.69, 9.17) is 19.7 Å². The topological polar surface area (TPSA) is 119 Å². The van der Waals surface area contributed by atoms with Crippen LogP contribution in [0.5, 0.6) is 11.8 Å². The summed E-state index contributed by atoms with van der Waals surface area (Å²) >= 11 is 2.12. The Morgan fingerprint density at radius 3 is 2.29 bits per heavy atom. The number of rotatable bonds is 8. The molecule has 2 rings (SSSR count). The molecule has 0 saturated heterocycles. The molecule has 130 valence electrons. The van der Waals surface area contributed by atoms with Crippen LogP contribution in [0.4, 0.5) is 0 Å². The smallest absolute Gasteiger partial charge is 0.351 e. The lowest BCUT2D eigenvalue weighted by atomic mass is 10.2. The van der Waals surface area contributed by atoms with E-state index in [-0.39, 0.29) is 27.6 Å². The lowest BCUT2D eigenvalue weighted by molar-refractivity contribution is 0.0684. The van der Waals surface area contributed by atoms with Gasteiger partial charge in [0.1, 0.15) is 0 Å². The number of aromatic nitrogens is 2. The van der Waals surface area contributed by atoms with Crippen molar-refractivity contribution in [2.45, 2.75) is 32.8 Å². The Morgan fingerprint density at radius 1 is 1.12 bits per heavy atom. The predicted octanol–water partition coefficient (Wildman–Crippen LogP) is 2.71. The molecule has 0 aliphatic rings. The first-order valence-electron chi connectivity index (χ1n) is 6.96. The van der Waals surface area contributed by atoms with Gasteiger partial charge in [-0.25, -0.2) is 19.6 Å². The molecule has 0 fully saturated rings. The molecule has 0 saturated carbocycles. The molecular formula is C14H16N2O6S2. The van der Waals surface area contributed by atoms with Crippen molar-refractivity contribution in [2.75, 3.05) is 7.11 Å². The molecule has 8 nitrogen and oxygen atoms in total. The van der Waals surface area contributed by atoms with E-state index in [1.807, 2.05) is 0 Å². The third kappa shape index (κ3) is 4.20. The number of thiazole rings is 2. The van der Waals surface area contributed by atoms with E-state index in [1.165, 1.54) is 7.11 Å². The summed E-state index contributed by atoms with van der Waals surface area (Å²) in [5, 5.41) is 19.4. The van der Waals surface area contributed by atoms with E-state index < -0.39 is 11.9 Å². The standard InChI is InChI=1S/C14H16N2O6S2/c1-6(22-12-10(14(19)20)23-7(2)15-12)4-5-8-16-11(21-3)9(24-8)13(17)18/h6H,4-5H2,1-3H3,(H,17,18)(H,19,20). The molecule has 0 radical (unpaired) electrons. The van der Waals surface area contributed by atoms with Crippen molar-refractivity contribution < 1.29 is 29.3 Å². The summed E-state index contributed by atoms with van der Waals surface area (Å²) in [5.41, 5.74) is 0. The highest BCUT2D eigenvalue weighted by Crippen LogP contribution is 2.28. The summed E-state index contributed by atoms with van der Waals surface area (Å²) in [4.78, 5) is 30.6. The Bertz CT molecular complexity index is 755. The van der Waals surface area contributed by atoms with Gasteiger partial charge < -0.3 is 19.7 Å². The van der Waals surface area contributed by atoms with Gasteiger partial charge in [0.2, 0.25) is 11.8 Å². The van der Waals surface area contributed by atoms with Gasteiger partial charge in [-0.05, 0) is 20.3 Å². The van der Waals surface area contributed by atoms with Crippen LogP contribution in [-0.4, -0.2) is 45.3 Å².